The molecule has 2 fully saturated rings. The Labute approximate surface area is 125 Å². The molecule has 0 spiro atoms. The minimum Gasteiger partial charge on any atom is -0.326 e. The smallest absolute Gasteiger partial charge is 0.224 e. The molecule has 0 aromatic heterocycles. The maximum atomic E-state index is 11.9. The first-order valence-corrected chi connectivity index (χ1v) is 7.78. The molecule has 0 radical (unpaired) electrons. The largest absolute Gasteiger partial charge is 0.326 e. The van der Waals surface area contributed by atoms with Crippen LogP contribution in [0.4, 0.5) is 5.69 Å². The second-order valence-corrected chi connectivity index (χ2v) is 6.17. The highest BCUT2D eigenvalue weighted by molar-refractivity contribution is 5.90. The number of nitrogens with one attached hydrogen (secondary N) is 1. The Balaban J connectivity index is 1.39. The fourth-order valence-corrected chi connectivity index (χ4v) is 3.59. The van der Waals surface area contributed by atoms with E-state index in [9.17, 15) is 4.79 Å². The minimum absolute atomic E-state index is 0.0593. The number of nitriles is 1. The van der Waals surface area contributed by atoms with E-state index in [1.165, 1.54) is 25.8 Å². The van der Waals surface area contributed by atoms with Crippen LogP contribution < -0.4 is 5.32 Å². The number of nitrogens with zero attached hydrogens (tertiary/aromatic N) is 2. The lowest BCUT2D eigenvalue weighted by molar-refractivity contribution is -0.116. The number of anilines is 1. The number of carbonyl (C=O) groups excluding carboxylic acids is 1. The summed E-state index contributed by atoms with van der Waals surface area (Å²) in [6, 6.07) is 9.84. The van der Waals surface area contributed by atoms with Gasteiger partial charge in [-0.2, -0.15) is 5.26 Å². The molecular weight excluding hydrogens is 262 g/mol. The second kappa shape index (κ2) is 6.28. The maximum absolute atomic E-state index is 11.9. The van der Waals surface area contributed by atoms with Crippen LogP contribution >= 0.6 is 0 Å². The Kier molecular flexibility index (Phi) is 4.21. The Morgan fingerprint density at radius 2 is 2.14 bits per heavy atom. The highest BCUT2D eigenvalue weighted by atomic mass is 16.1. The fraction of sp³-hybridized carbons (Fsp3) is 0.529. The molecule has 2 unspecified atom stereocenters. The van der Waals surface area contributed by atoms with E-state index in [4.69, 9.17) is 5.26 Å². The number of hydrogen-bond acceptors (Lipinski definition) is 3. The van der Waals surface area contributed by atoms with Crippen molar-refractivity contribution in [1.82, 2.24) is 4.90 Å². The van der Waals surface area contributed by atoms with Crippen LogP contribution in [0.2, 0.25) is 0 Å². The predicted molar refractivity (Wildman–Crippen MR) is 81.7 cm³/mol. The molecule has 1 aromatic rings. The fourth-order valence-electron chi connectivity index (χ4n) is 3.59. The molecule has 4 nitrogen and oxygen atoms in total. The van der Waals surface area contributed by atoms with Crippen LogP contribution in [0.5, 0.6) is 0 Å². The topological polar surface area (TPSA) is 56.1 Å². The number of benzene rings is 1. The standard InChI is InChI=1S/C17H21N3O/c18-11-13-3-6-15(7-4-13)19-17(21)2-1-9-20-12-14-5-8-16(20)10-14/h3-4,6-7,14,16H,1-2,5,8-10,12H2,(H,19,21). The van der Waals surface area contributed by atoms with Crippen molar-refractivity contribution in [1.29, 1.82) is 5.26 Å². The zero-order chi connectivity index (χ0) is 14.7. The monoisotopic (exact) mass is 283 g/mol. The summed E-state index contributed by atoms with van der Waals surface area (Å²) in [5.41, 5.74) is 1.37. The van der Waals surface area contributed by atoms with Gasteiger partial charge in [0.1, 0.15) is 0 Å². The first-order valence-electron chi connectivity index (χ1n) is 7.78. The van der Waals surface area contributed by atoms with Gasteiger partial charge in [-0.1, -0.05) is 0 Å². The van der Waals surface area contributed by atoms with Gasteiger partial charge in [-0.3, -0.25) is 4.79 Å². The Bertz CT molecular complexity index is 546. The lowest BCUT2D eigenvalue weighted by Crippen LogP contribution is -2.33. The highest BCUT2D eigenvalue weighted by Crippen LogP contribution is 2.37. The molecule has 1 heterocycles. The van der Waals surface area contributed by atoms with Crippen LogP contribution in [-0.4, -0.2) is 29.9 Å². The normalized spacial score (nSPS) is 24.0. The quantitative estimate of drug-likeness (QED) is 0.904. The molecular formula is C17H21N3O. The van der Waals surface area contributed by atoms with Crippen LogP contribution in [0, 0.1) is 17.2 Å². The highest BCUT2D eigenvalue weighted by Gasteiger charge is 2.36. The number of hydrogen-bond donors (Lipinski definition) is 1. The molecule has 21 heavy (non-hydrogen) atoms. The third kappa shape index (κ3) is 3.43. The molecule has 1 amide bonds. The molecule has 1 aromatic carbocycles. The zero-order valence-electron chi connectivity index (χ0n) is 12.2. The van der Waals surface area contributed by atoms with Crippen molar-refractivity contribution in [2.75, 3.05) is 18.4 Å². The molecule has 3 rings (SSSR count). The molecule has 1 aliphatic heterocycles. The van der Waals surface area contributed by atoms with E-state index in [1.54, 1.807) is 24.3 Å². The number of piperidine rings is 1. The van der Waals surface area contributed by atoms with Gasteiger partial charge in [-0.15, -0.1) is 0 Å². The molecule has 1 aliphatic carbocycles. The van der Waals surface area contributed by atoms with E-state index in [1.807, 2.05) is 0 Å². The van der Waals surface area contributed by atoms with Gasteiger partial charge in [0.2, 0.25) is 5.91 Å². The van der Waals surface area contributed by atoms with Gasteiger partial charge in [0, 0.05) is 24.7 Å². The maximum Gasteiger partial charge on any atom is 0.224 e. The van der Waals surface area contributed by atoms with Gasteiger partial charge in [-0.25, -0.2) is 0 Å². The number of carbonyl (C=O) groups is 1. The SMILES string of the molecule is N#Cc1ccc(NC(=O)CCCN2CC3CCC2C3)cc1. The summed E-state index contributed by atoms with van der Waals surface area (Å²) in [6.45, 7) is 2.28. The molecule has 1 saturated carbocycles. The first-order chi connectivity index (χ1) is 10.2. The van der Waals surface area contributed by atoms with Crippen molar-refractivity contribution in [3.05, 3.63) is 29.8 Å². The van der Waals surface area contributed by atoms with E-state index in [-0.39, 0.29) is 5.91 Å². The van der Waals surface area contributed by atoms with Crippen LogP contribution in [0.15, 0.2) is 24.3 Å². The summed E-state index contributed by atoms with van der Waals surface area (Å²) in [4.78, 5) is 14.5. The van der Waals surface area contributed by atoms with E-state index >= 15 is 0 Å². The third-order valence-electron chi connectivity index (χ3n) is 4.67. The summed E-state index contributed by atoms with van der Waals surface area (Å²) in [5.74, 6) is 0.978. The lowest BCUT2D eigenvalue weighted by Gasteiger charge is -2.26. The first kappa shape index (κ1) is 14.1. The van der Waals surface area contributed by atoms with Crippen molar-refractivity contribution >= 4 is 11.6 Å². The van der Waals surface area contributed by atoms with Crippen molar-refractivity contribution in [2.45, 2.75) is 38.1 Å². The van der Waals surface area contributed by atoms with Crippen molar-refractivity contribution in [2.24, 2.45) is 5.92 Å². The van der Waals surface area contributed by atoms with E-state index < -0.39 is 0 Å². The van der Waals surface area contributed by atoms with E-state index in [2.05, 4.69) is 16.3 Å². The number of fused-ring (bicyclic) bond motifs is 2. The second-order valence-electron chi connectivity index (χ2n) is 6.17. The Morgan fingerprint density at radius 1 is 1.33 bits per heavy atom. The van der Waals surface area contributed by atoms with Gasteiger partial charge in [0.05, 0.1) is 11.6 Å². The van der Waals surface area contributed by atoms with Crippen molar-refractivity contribution in [3.8, 4) is 6.07 Å². The van der Waals surface area contributed by atoms with Gasteiger partial charge in [0.25, 0.3) is 0 Å². The Hall–Kier alpha value is -1.86. The predicted octanol–water partition coefficient (Wildman–Crippen LogP) is 2.76. The number of rotatable bonds is 5. The van der Waals surface area contributed by atoms with Crippen molar-refractivity contribution < 1.29 is 4.79 Å². The average Bonchev–Trinajstić information content (AvgIpc) is 3.11. The molecule has 2 atom stereocenters. The van der Waals surface area contributed by atoms with E-state index in [0.717, 1.165) is 30.6 Å². The number of amides is 1. The lowest BCUT2D eigenvalue weighted by atomic mass is 10.1. The van der Waals surface area contributed by atoms with Gasteiger partial charge >= 0.3 is 0 Å². The van der Waals surface area contributed by atoms with Crippen molar-refractivity contribution in [3.63, 3.8) is 0 Å². The zero-order valence-corrected chi connectivity index (χ0v) is 12.2. The molecule has 1 N–H and O–H groups in total. The van der Waals surface area contributed by atoms with Crippen LogP contribution in [0.1, 0.15) is 37.7 Å². The molecule has 110 valence electrons. The molecule has 1 saturated heterocycles. The van der Waals surface area contributed by atoms with Gasteiger partial charge in [0.15, 0.2) is 0 Å². The summed E-state index contributed by atoms with van der Waals surface area (Å²) >= 11 is 0. The summed E-state index contributed by atoms with van der Waals surface area (Å²) in [7, 11) is 0. The number of likely N-dealkylation sites (tertiary alicyclic amines) is 1. The minimum atomic E-state index is 0.0593. The Morgan fingerprint density at radius 3 is 2.76 bits per heavy atom. The third-order valence-corrected chi connectivity index (χ3v) is 4.67. The van der Waals surface area contributed by atoms with Crippen LogP contribution in [0.3, 0.4) is 0 Å². The average molecular weight is 283 g/mol. The van der Waals surface area contributed by atoms with Crippen LogP contribution in [0.25, 0.3) is 0 Å². The molecule has 2 bridgehead atoms. The summed E-state index contributed by atoms with van der Waals surface area (Å²) in [6.07, 6.45) is 5.61. The van der Waals surface area contributed by atoms with Gasteiger partial charge < -0.3 is 10.2 Å². The summed E-state index contributed by atoms with van der Waals surface area (Å²) in [5, 5.41) is 11.6. The summed E-state index contributed by atoms with van der Waals surface area (Å²) < 4.78 is 0. The molecule has 4 heteroatoms. The van der Waals surface area contributed by atoms with Crippen LogP contribution in [-0.2, 0) is 4.79 Å². The molecule has 2 aliphatic rings. The van der Waals surface area contributed by atoms with E-state index in [0.29, 0.717) is 12.0 Å². The van der Waals surface area contributed by atoms with Gasteiger partial charge in [-0.05, 0) is 62.4 Å².